The molecule has 0 spiro atoms. The summed E-state index contributed by atoms with van der Waals surface area (Å²) >= 11 is 0. The lowest BCUT2D eigenvalue weighted by Crippen LogP contribution is -2.51. The monoisotopic (exact) mass is 346 g/mol. The number of ether oxygens (including phenoxy) is 4. The molecule has 6 heteroatoms. The van der Waals surface area contributed by atoms with Crippen molar-refractivity contribution >= 4 is 0 Å². The third kappa shape index (κ3) is 8.23. The predicted octanol–water partition coefficient (Wildman–Crippen LogP) is 1.49. The maximum Gasteiger partial charge on any atom is 0.0910 e. The summed E-state index contributed by atoms with van der Waals surface area (Å²) in [4.78, 5) is 4.45. The zero-order chi connectivity index (χ0) is 18.1. The maximum atomic E-state index is 6.15. The molecule has 6 nitrogen and oxygen atoms in total. The molecule has 0 radical (unpaired) electrons. The molecular formula is C18H38N2O4. The van der Waals surface area contributed by atoms with Gasteiger partial charge in [0.25, 0.3) is 0 Å². The Morgan fingerprint density at radius 3 is 1.25 bits per heavy atom. The first kappa shape index (κ1) is 21.8. The Balaban J connectivity index is 2.55. The van der Waals surface area contributed by atoms with Crippen molar-refractivity contribution in [1.29, 1.82) is 0 Å². The second-order valence-corrected chi connectivity index (χ2v) is 7.55. The van der Waals surface area contributed by atoms with Crippen LogP contribution in [0.5, 0.6) is 0 Å². The van der Waals surface area contributed by atoms with Gasteiger partial charge < -0.3 is 28.7 Å². The summed E-state index contributed by atoms with van der Waals surface area (Å²) in [6.07, 6.45) is 0. The summed E-state index contributed by atoms with van der Waals surface area (Å²) in [6.45, 7) is 16.1. The zero-order valence-corrected chi connectivity index (χ0v) is 16.6. The fraction of sp³-hybridized carbons (Fsp3) is 1.00. The minimum Gasteiger partial charge on any atom is -0.378 e. The van der Waals surface area contributed by atoms with Gasteiger partial charge >= 0.3 is 0 Å². The number of nitrogens with zero attached hydrogens (tertiary/aromatic N) is 2. The lowest BCUT2D eigenvalue weighted by Gasteiger charge is -2.41. The van der Waals surface area contributed by atoms with Crippen LogP contribution in [-0.4, -0.2) is 101 Å². The molecule has 0 aromatic rings. The molecule has 1 fully saturated rings. The molecule has 0 N–H and O–H groups in total. The Kier molecular flexibility index (Phi) is 9.71. The van der Waals surface area contributed by atoms with Crippen molar-refractivity contribution in [3.63, 3.8) is 0 Å². The fourth-order valence-electron chi connectivity index (χ4n) is 2.25. The van der Waals surface area contributed by atoms with Gasteiger partial charge in [-0.15, -0.1) is 0 Å². The van der Waals surface area contributed by atoms with Gasteiger partial charge in [0.1, 0.15) is 0 Å². The van der Waals surface area contributed by atoms with Crippen LogP contribution in [0, 0.1) is 0 Å². The second kappa shape index (κ2) is 10.7. The van der Waals surface area contributed by atoms with Gasteiger partial charge in [0, 0.05) is 26.2 Å². The molecule has 144 valence electrons. The molecule has 0 bridgehead atoms. The summed E-state index contributed by atoms with van der Waals surface area (Å²) in [7, 11) is 4.18. The van der Waals surface area contributed by atoms with Crippen LogP contribution in [0.1, 0.15) is 27.7 Å². The first-order chi connectivity index (χ1) is 11.2. The quantitative estimate of drug-likeness (QED) is 0.662. The van der Waals surface area contributed by atoms with Crippen molar-refractivity contribution in [3.05, 3.63) is 0 Å². The summed E-state index contributed by atoms with van der Waals surface area (Å²) in [5, 5.41) is 0. The standard InChI is InChI=1S/C18H38N2O4/c1-17(2)18(3,4)24-14-10-20(6)8-12-22-16-15-21-11-7-19(5)9-13-23-17/h7-16H2,1-6H3. The van der Waals surface area contributed by atoms with Gasteiger partial charge in [-0.1, -0.05) is 0 Å². The van der Waals surface area contributed by atoms with Crippen LogP contribution in [-0.2, 0) is 18.9 Å². The highest BCUT2D eigenvalue weighted by Crippen LogP contribution is 2.29. The van der Waals surface area contributed by atoms with Crippen molar-refractivity contribution in [1.82, 2.24) is 9.80 Å². The van der Waals surface area contributed by atoms with Crippen LogP contribution in [0.15, 0.2) is 0 Å². The van der Waals surface area contributed by atoms with Crippen molar-refractivity contribution in [2.45, 2.75) is 38.9 Å². The third-order valence-electron chi connectivity index (χ3n) is 4.93. The number of likely N-dealkylation sites (N-methyl/N-ethyl adjacent to an activating group) is 2. The van der Waals surface area contributed by atoms with Crippen LogP contribution in [0.4, 0.5) is 0 Å². The van der Waals surface area contributed by atoms with E-state index in [0.29, 0.717) is 26.4 Å². The van der Waals surface area contributed by atoms with Crippen LogP contribution >= 0.6 is 0 Å². The van der Waals surface area contributed by atoms with E-state index in [2.05, 4.69) is 51.6 Å². The Morgan fingerprint density at radius 2 is 0.875 bits per heavy atom. The Bertz CT molecular complexity index is 305. The lowest BCUT2D eigenvalue weighted by molar-refractivity contribution is -0.178. The fourth-order valence-corrected chi connectivity index (χ4v) is 2.25. The van der Waals surface area contributed by atoms with Crippen molar-refractivity contribution in [2.24, 2.45) is 0 Å². The van der Waals surface area contributed by atoms with E-state index in [0.717, 1.165) is 39.4 Å². The van der Waals surface area contributed by atoms with Crippen LogP contribution in [0.2, 0.25) is 0 Å². The van der Waals surface area contributed by atoms with Crippen LogP contribution in [0.25, 0.3) is 0 Å². The van der Waals surface area contributed by atoms with E-state index in [-0.39, 0.29) is 11.2 Å². The summed E-state index contributed by atoms with van der Waals surface area (Å²) in [5.41, 5.74) is -0.699. The van der Waals surface area contributed by atoms with Gasteiger partial charge in [0.15, 0.2) is 0 Å². The molecule has 1 aliphatic heterocycles. The van der Waals surface area contributed by atoms with E-state index in [1.165, 1.54) is 0 Å². The number of hydrogen-bond acceptors (Lipinski definition) is 6. The minimum atomic E-state index is -0.350. The highest BCUT2D eigenvalue weighted by molar-refractivity contribution is 4.89. The number of rotatable bonds is 0. The van der Waals surface area contributed by atoms with Gasteiger partial charge in [-0.3, -0.25) is 0 Å². The Labute approximate surface area is 148 Å². The van der Waals surface area contributed by atoms with E-state index < -0.39 is 0 Å². The summed E-state index contributed by atoms with van der Waals surface area (Å²) in [5.74, 6) is 0. The Morgan fingerprint density at radius 1 is 0.542 bits per heavy atom. The smallest absolute Gasteiger partial charge is 0.0910 e. The van der Waals surface area contributed by atoms with E-state index in [1.54, 1.807) is 0 Å². The SMILES string of the molecule is CN1CCOCCOCCN(C)CCOC(C)(C)C(C)(C)OCC1. The van der Waals surface area contributed by atoms with Gasteiger partial charge in [-0.2, -0.15) is 0 Å². The highest BCUT2D eigenvalue weighted by Gasteiger charge is 2.39. The number of hydrogen-bond donors (Lipinski definition) is 0. The molecule has 0 unspecified atom stereocenters. The van der Waals surface area contributed by atoms with E-state index in [9.17, 15) is 0 Å². The zero-order valence-electron chi connectivity index (χ0n) is 16.6. The van der Waals surface area contributed by atoms with Gasteiger partial charge in [-0.05, 0) is 41.8 Å². The summed E-state index contributed by atoms with van der Waals surface area (Å²) in [6, 6.07) is 0. The molecular weight excluding hydrogens is 308 g/mol. The van der Waals surface area contributed by atoms with E-state index in [4.69, 9.17) is 18.9 Å². The van der Waals surface area contributed by atoms with Gasteiger partial charge in [-0.25, -0.2) is 0 Å². The normalized spacial score (nSPS) is 27.2. The maximum absolute atomic E-state index is 6.15. The predicted molar refractivity (Wildman–Crippen MR) is 96.7 cm³/mol. The van der Waals surface area contributed by atoms with Crippen molar-refractivity contribution in [2.75, 3.05) is 79.9 Å². The average molecular weight is 347 g/mol. The molecule has 1 heterocycles. The van der Waals surface area contributed by atoms with Gasteiger partial charge in [0.05, 0.1) is 50.8 Å². The van der Waals surface area contributed by atoms with E-state index in [1.807, 2.05) is 0 Å². The molecule has 1 aliphatic rings. The van der Waals surface area contributed by atoms with Crippen molar-refractivity contribution < 1.29 is 18.9 Å². The molecule has 1 saturated heterocycles. The molecule has 24 heavy (non-hydrogen) atoms. The highest BCUT2D eigenvalue weighted by atomic mass is 16.6. The van der Waals surface area contributed by atoms with Crippen molar-refractivity contribution in [3.8, 4) is 0 Å². The largest absolute Gasteiger partial charge is 0.378 e. The molecule has 0 atom stereocenters. The molecule has 1 rings (SSSR count). The first-order valence-electron chi connectivity index (χ1n) is 9.05. The molecule has 0 saturated carbocycles. The van der Waals surface area contributed by atoms with Crippen LogP contribution in [0.3, 0.4) is 0 Å². The molecule has 0 amide bonds. The third-order valence-corrected chi connectivity index (χ3v) is 4.93. The molecule has 0 aromatic carbocycles. The Hall–Kier alpha value is -0.240. The second-order valence-electron chi connectivity index (χ2n) is 7.55. The van der Waals surface area contributed by atoms with Crippen LogP contribution < -0.4 is 0 Å². The van der Waals surface area contributed by atoms with Gasteiger partial charge in [0.2, 0.25) is 0 Å². The molecule has 0 aromatic heterocycles. The van der Waals surface area contributed by atoms with E-state index >= 15 is 0 Å². The topological polar surface area (TPSA) is 43.4 Å². The lowest BCUT2D eigenvalue weighted by atomic mass is 9.89. The average Bonchev–Trinajstić information content (AvgIpc) is 2.48. The minimum absolute atomic E-state index is 0.350. The molecule has 0 aliphatic carbocycles. The first-order valence-corrected chi connectivity index (χ1v) is 9.05. The summed E-state index contributed by atoms with van der Waals surface area (Å²) < 4.78 is 23.5.